The summed E-state index contributed by atoms with van der Waals surface area (Å²) in [6.07, 6.45) is 4.54. The number of carbonyl (C=O) groups excluding carboxylic acids is 2. The van der Waals surface area contributed by atoms with Crippen molar-refractivity contribution in [3.8, 4) is 0 Å². The Balaban J connectivity index is 1.35. The number of nitrogens with one attached hydrogen (secondary N) is 2. The number of benzene rings is 3. The molecule has 3 aromatic carbocycles. The zero-order valence-electron chi connectivity index (χ0n) is 17.9. The molecule has 3 aromatic rings. The lowest BCUT2D eigenvalue weighted by molar-refractivity contribution is 0.0771. The zero-order chi connectivity index (χ0) is 22.1. The largest absolute Gasteiger partial charge is 0.334 e. The highest BCUT2D eigenvalue weighted by molar-refractivity contribution is 6.15. The molecule has 0 aliphatic carbocycles. The van der Waals surface area contributed by atoms with Gasteiger partial charge in [0.05, 0.1) is 11.3 Å². The van der Waals surface area contributed by atoms with Gasteiger partial charge in [-0.2, -0.15) is 0 Å². The third-order valence-corrected chi connectivity index (χ3v) is 6.54. The second-order valence-electron chi connectivity index (χ2n) is 8.60. The molecule has 5 nitrogen and oxygen atoms in total. The number of piperidine rings is 1. The Hall–Kier alpha value is -3.25. The van der Waals surface area contributed by atoms with E-state index in [1.165, 1.54) is 25.0 Å². The topological polar surface area (TPSA) is 61.4 Å². The molecule has 2 heterocycles. The Morgan fingerprint density at radius 3 is 2.72 bits per heavy atom. The highest BCUT2D eigenvalue weighted by Crippen LogP contribution is 2.31. The van der Waals surface area contributed by atoms with E-state index in [4.69, 9.17) is 0 Å². The first-order valence-corrected chi connectivity index (χ1v) is 11.2. The number of carbonyl (C=O) groups is 2. The molecule has 1 atom stereocenters. The molecule has 0 saturated carbocycles. The fourth-order valence-electron chi connectivity index (χ4n) is 4.84. The van der Waals surface area contributed by atoms with Gasteiger partial charge in [0.2, 0.25) is 0 Å². The molecule has 6 heteroatoms. The molecule has 2 N–H and O–H groups in total. The number of hydrogen-bond acceptors (Lipinski definition) is 3. The van der Waals surface area contributed by atoms with Crippen LogP contribution in [0.15, 0.2) is 54.6 Å². The highest BCUT2D eigenvalue weighted by Gasteiger charge is 2.31. The lowest BCUT2D eigenvalue weighted by Crippen LogP contribution is -2.37. The van der Waals surface area contributed by atoms with Crippen molar-refractivity contribution < 1.29 is 14.0 Å². The van der Waals surface area contributed by atoms with Gasteiger partial charge >= 0.3 is 0 Å². The molecule has 0 bridgehead atoms. The molecule has 1 saturated heterocycles. The minimum absolute atomic E-state index is 0.0457. The predicted octanol–water partition coefficient (Wildman–Crippen LogP) is 4.72. The van der Waals surface area contributed by atoms with Gasteiger partial charge in [-0.1, -0.05) is 42.8 Å². The van der Waals surface area contributed by atoms with Gasteiger partial charge in [-0.3, -0.25) is 9.59 Å². The van der Waals surface area contributed by atoms with Crippen LogP contribution in [-0.4, -0.2) is 35.8 Å². The lowest BCUT2D eigenvalue weighted by atomic mass is 10.0. The van der Waals surface area contributed by atoms with E-state index in [0.717, 1.165) is 24.9 Å². The minimum Gasteiger partial charge on any atom is -0.334 e. The van der Waals surface area contributed by atoms with Crippen molar-refractivity contribution in [2.75, 3.05) is 18.4 Å². The summed E-state index contributed by atoms with van der Waals surface area (Å²) in [5.41, 5.74) is 2.37. The summed E-state index contributed by atoms with van der Waals surface area (Å²) in [4.78, 5) is 28.1. The molecular weight excluding hydrogens is 405 g/mol. The third kappa shape index (κ3) is 3.86. The number of fused-ring (bicyclic) bond motifs is 2. The maximum absolute atomic E-state index is 14.2. The van der Waals surface area contributed by atoms with E-state index in [0.29, 0.717) is 46.7 Å². The average Bonchev–Trinajstić information content (AvgIpc) is 3.15. The van der Waals surface area contributed by atoms with Crippen LogP contribution < -0.4 is 10.6 Å². The highest BCUT2D eigenvalue weighted by atomic mass is 19.1. The molecule has 164 valence electrons. The fourth-order valence-corrected chi connectivity index (χ4v) is 4.84. The molecule has 2 aliphatic heterocycles. The summed E-state index contributed by atoms with van der Waals surface area (Å²) in [5.74, 6) is -0.765. The Labute approximate surface area is 186 Å². The minimum atomic E-state index is -0.365. The van der Waals surface area contributed by atoms with Crippen LogP contribution in [0.2, 0.25) is 0 Å². The smallest absolute Gasteiger partial charge is 0.256 e. The summed E-state index contributed by atoms with van der Waals surface area (Å²) in [6, 6.07) is 15.7. The van der Waals surface area contributed by atoms with Crippen molar-refractivity contribution in [1.82, 2.24) is 10.2 Å². The van der Waals surface area contributed by atoms with Gasteiger partial charge in [0.15, 0.2) is 0 Å². The molecule has 32 heavy (non-hydrogen) atoms. The molecule has 1 fully saturated rings. The van der Waals surface area contributed by atoms with E-state index in [2.05, 4.69) is 10.6 Å². The van der Waals surface area contributed by atoms with Crippen LogP contribution in [0.1, 0.15) is 52.0 Å². The second-order valence-corrected chi connectivity index (χ2v) is 8.60. The summed E-state index contributed by atoms with van der Waals surface area (Å²) in [6.45, 7) is 2.30. The molecule has 0 spiro atoms. The van der Waals surface area contributed by atoms with E-state index < -0.39 is 0 Å². The van der Waals surface area contributed by atoms with Gasteiger partial charge in [-0.25, -0.2) is 4.39 Å². The zero-order valence-corrected chi connectivity index (χ0v) is 17.9. The molecule has 0 radical (unpaired) electrons. The third-order valence-electron chi connectivity index (χ3n) is 6.54. The van der Waals surface area contributed by atoms with E-state index in [-0.39, 0.29) is 17.6 Å². The van der Waals surface area contributed by atoms with Gasteiger partial charge in [0, 0.05) is 30.1 Å². The Kier molecular flexibility index (Phi) is 5.62. The van der Waals surface area contributed by atoms with Crippen molar-refractivity contribution in [1.29, 1.82) is 0 Å². The molecular formula is C26H26FN3O2. The van der Waals surface area contributed by atoms with Crippen LogP contribution in [0.3, 0.4) is 0 Å². The monoisotopic (exact) mass is 431 g/mol. The molecule has 5 rings (SSSR count). The number of rotatable bonds is 5. The standard InChI is InChI=1S/C26H26FN3O2/c27-22-12-11-21(19-8-1-2-9-20(19)22)25(31)29-23-10-5-6-17-16-30(26(32)24(17)23)15-13-18-7-3-4-14-28-18/h1-2,5-6,8-12,18,28H,3-4,7,13-16H2,(H,29,31). The van der Waals surface area contributed by atoms with E-state index in [1.54, 1.807) is 30.3 Å². The molecule has 2 aliphatic rings. The van der Waals surface area contributed by atoms with Crippen molar-refractivity contribution in [2.45, 2.75) is 38.3 Å². The van der Waals surface area contributed by atoms with Crippen molar-refractivity contribution >= 4 is 28.3 Å². The van der Waals surface area contributed by atoms with Crippen LogP contribution in [0, 0.1) is 5.82 Å². The first kappa shape index (κ1) is 20.6. The second kappa shape index (κ2) is 8.71. The fraction of sp³-hybridized carbons (Fsp3) is 0.308. The molecule has 2 amide bonds. The summed E-state index contributed by atoms with van der Waals surface area (Å²) < 4.78 is 14.2. The molecule has 0 aromatic heterocycles. The first-order valence-electron chi connectivity index (χ1n) is 11.2. The van der Waals surface area contributed by atoms with Crippen molar-refractivity contribution in [2.24, 2.45) is 0 Å². The van der Waals surface area contributed by atoms with Gasteiger partial charge in [0.25, 0.3) is 11.8 Å². The average molecular weight is 432 g/mol. The van der Waals surface area contributed by atoms with Crippen LogP contribution >= 0.6 is 0 Å². The Morgan fingerprint density at radius 2 is 1.91 bits per heavy atom. The summed E-state index contributed by atoms with van der Waals surface area (Å²) >= 11 is 0. The number of halogens is 1. The van der Waals surface area contributed by atoms with Crippen molar-refractivity contribution in [3.05, 3.63) is 77.1 Å². The van der Waals surface area contributed by atoms with Gasteiger partial charge in [0.1, 0.15) is 5.82 Å². The predicted molar refractivity (Wildman–Crippen MR) is 123 cm³/mol. The van der Waals surface area contributed by atoms with Gasteiger partial charge in [-0.15, -0.1) is 0 Å². The first-order chi connectivity index (χ1) is 15.6. The van der Waals surface area contributed by atoms with Crippen LogP contribution in [0.5, 0.6) is 0 Å². The number of nitrogens with zero attached hydrogens (tertiary/aromatic N) is 1. The normalized spacial score (nSPS) is 18.1. The summed E-state index contributed by atoms with van der Waals surface area (Å²) in [7, 11) is 0. The number of amides is 2. The maximum Gasteiger partial charge on any atom is 0.256 e. The maximum atomic E-state index is 14.2. The SMILES string of the molecule is O=C(Nc1cccc2c1C(=O)N(CCC1CCCCN1)C2)c1ccc(F)c2ccccc12. The van der Waals surface area contributed by atoms with Crippen LogP contribution in [0.4, 0.5) is 10.1 Å². The lowest BCUT2D eigenvalue weighted by Gasteiger charge is -2.25. The van der Waals surface area contributed by atoms with Crippen molar-refractivity contribution in [3.63, 3.8) is 0 Å². The Bertz CT molecular complexity index is 1190. The quantitative estimate of drug-likeness (QED) is 0.615. The number of anilines is 1. The number of hydrogen-bond donors (Lipinski definition) is 2. The van der Waals surface area contributed by atoms with Gasteiger partial charge in [-0.05, 0) is 55.0 Å². The van der Waals surface area contributed by atoms with E-state index in [9.17, 15) is 14.0 Å². The molecule has 1 unspecified atom stereocenters. The van der Waals surface area contributed by atoms with Crippen LogP contribution in [-0.2, 0) is 6.54 Å². The summed E-state index contributed by atoms with van der Waals surface area (Å²) in [5, 5.41) is 7.38. The van der Waals surface area contributed by atoms with Gasteiger partial charge < -0.3 is 15.5 Å². The van der Waals surface area contributed by atoms with E-state index in [1.807, 2.05) is 17.0 Å². The Morgan fingerprint density at radius 1 is 1.06 bits per heavy atom. The van der Waals surface area contributed by atoms with Crippen LogP contribution in [0.25, 0.3) is 10.8 Å². The van der Waals surface area contributed by atoms with E-state index >= 15 is 0 Å².